The predicted octanol–water partition coefficient (Wildman–Crippen LogP) is 2.18. The van der Waals surface area contributed by atoms with Crippen LogP contribution >= 0.6 is 0 Å². The average molecular weight is 316 g/mol. The summed E-state index contributed by atoms with van der Waals surface area (Å²) in [6.07, 6.45) is 0. The molecule has 0 aliphatic rings. The van der Waals surface area contributed by atoms with E-state index in [9.17, 15) is 18.4 Å². The van der Waals surface area contributed by atoms with Crippen LogP contribution in [0.5, 0.6) is 0 Å². The second kappa shape index (κ2) is 6.64. The molecule has 1 N–H and O–H groups in total. The minimum Gasteiger partial charge on any atom is -0.768 e. The molecular weight excluding hydrogens is 302 g/mol. The van der Waals surface area contributed by atoms with Gasteiger partial charge in [0.25, 0.3) is 5.91 Å². The molecule has 2 rings (SSSR count). The Morgan fingerprint density at radius 1 is 1.05 bits per heavy atom. The molecule has 0 saturated carbocycles. The molecule has 6 heteroatoms. The van der Waals surface area contributed by atoms with Crippen molar-refractivity contribution in [1.82, 2.24) is 5.32 Å². The lowest BCUT2D eigenvalue weighted by molar-refractivity contribution is -0.118. The van der Waals surface area contributed by atoms with Gasteiger partial charge in [0, 0.05) is 17.4 Å². The van der Waals surface area contributed by atoms with Crippen molar-refractivity contribution in [3.63, 3.8) is 0 Å². The van der Waals surface area contributed by atoms with Crippen LogP contribution in [0.2, 0.25) is 0 Å². The number of benzene rings is 2. The van der Waals surface area contributed by atoms with Crippen LogP contribution in [0.3, 0.4) is 0 Å². The first kappa shape index (κ1) is 16.1. The average Bonchev–Trinajstić information content (AvgIpc) is 2.46. The normalized spacial score (nSPS) is 11.8. The topological polar surface area (TPSA) is 86.3 Å². The minimum atomic E-state index is -2.25. The van der Waals surface area contributed by atoms with Crippen LogP contribution in [0.1, 0.15) is 22.8 Å². The molecule has 1 atom stereocenters. The number of nitrogens with one attached hydrogen (secondary N) is 1. The third-order valence-electron chi connectivity index (χ3n) is 3.14. The monoisotopic (exact) mass is 316 g/mol. The van der Waals surface area contributed by atoms with E-state index in [2.05, 4.69) is 5.32 Å². The molecular formula is C16H14NO4S-. The van der Waals surface area contributed by atoms with Crippen molar-refractivity contribution in [2.75, 3.05) is 0 Å². The van der Waals surface area contributed by atoms with Gasteiger partial charge in [-0.15, -0.1) is 0 Å². The molecule has 0 fully saturated rings. The highest BCUT2D eigenvalue weighted by Gasteiger charge is 2.11. The van der Waals surface area contributed by atoms with Crippen LogP contribution < -0.4 is 5.32 Å². The van der Waals surface area contributed by atoms with Gasteiger partial charge in [0.15, 0.2) is 0 Å². The number of amides is 2. The fourth-order valence-electron chi connectivity index (χ4n) is 2.08. The standard InChI is InChI=1S/C16H15NO4S/c1-10-9-13(5-8-15(10)16(19)17-11(2)18)12-3-6-14(7-4-12)22(20)21/h3-9H,1-2H3,(H,20,21)(H,17,18,19)/p-1. The van der Waals surface area contributed by atoms with Crippen LogP contribution in [-0.2, 0) is 15.9 Å². The zero-order chi connectivity index (χ0) is 16.3. The summed E-state index contributed by atoms with van der Waals surface area (Å²) < 4.78 is 21.7. The lowest BCUT2D eigenvalue weighted by Gasteiger charge is -2.10. The Morgan fingerprint density at radius 2 is 1.64 bits per heavy atom. The largest absolute Gasteiger partial charge is 0.768 e. The van der Waals surface area contributed by atoms with Gasteiger partial charge in [0.1, 0.15) is 0 Å². The highest BCUT2D eigenvalue weighted by atomic mass is 32.2. The van der Waals surface area contributed by atoms with Gasteiger partial charge in [-0.3, -0.25) is 19.1 Å². The number of rotatable bonds is 3. The summed E-state index contributed by atoms with van der Waals surface area (Å²) in [5.41, 5.74) is 2.86. The summed E-state index contributed by atoms with van der Waals surface area (Å²) >= 11 is -2.25. The summed E-state index contributed by atoms with van der Waals surface area (Å²) in [5, 5.41) is 2.23. The third kappa shape index (κ3) is 3.66. The number of hydrogen-bond acceptors (Lipinski definition) is 4. The van der Waals surface area contributed by atoms with Crippen molar-refractivity contribution >= 4 is 22.9 Å². The maximum atomic E-state index is 11.8. The summed E-state index contributed by atoms with van der Waals surface area (Å²) in [5.74, 6) is -0.844. The first-order valence-corrected chi connectivity index (χ1v) is 7.58. The highest BCUT2D eigenvalue weighted by molar-refractivity contribution is 7.79. The molecule has 0 bridgehead atoms. The number of imide groups is 1. The van der Waals surface area contributed by atoms with E-state index in [4.69, 9.17) is 0 Å². The number of aryl methyl sites for hydroxylation is 1. The van der Waals surface area contributed by atoms with Gasteiger partial charge in [-0.2, -0.15) is 0 Å². The van der Waals surface area contributed by atoms with Crippen molar-refractivity contribution in [3.05, 3.63) is 53.6 Å². The maximum Gasteiger partial charge on any atom is 0.258 e. The predicted molar refractivity (Wildman–Crippen MR) is 81.9 cm³/mol. The van der Waals surface area contributed by atoms with Crippen LogP contribution in [0.4, 0.5) is 0 Å². The van der Waals surface area contributed by atoms with Gasteiger partial charge in [-0.05, 0) is 52.9 Å². The highest BCUT2D eigenvalue weighted by Crippen LogP contribution is 2.23. The summed E-state index contributed by atoms with van der Waals surface area (Å²) in [7, 11) is 0. The molecule has 5 nitrogen and oxygen atoms in total. The van der Waals surface area contributed by atoms with Gasteiger partial charge in [0.2, 0.25) is 5.91 Å². The number of carbonyl (C=O) groups is 2. The molecule has 22 heavy (non-hydrogen) atoms. The lowest BCUT2D eigenvalue weighted by atomic mass is 9.99. The zero-order valence-electron chi connectivity index (χ0n) is 12.1. The quantitative estimate of drug-likeness (QED) is 0.879. The molecule has 0 heterocycles. The minimum absolute atomic E-state index is 0.220. The van der Waals surface area contributed by atoms with E-state index in [0.29, 0.717) is 5.56 Å². The summed E-state index contributed by atoms with van der Waals surface area (Å²) in [4.78, 5) is 23.0. The van der Waals surface area contributed by atoms with Crippen LogP contribution in [-0.4, -0.2) is 20.6 Å². The molecule has 0 radical (unpaired) electrons. The third-order valence-corrected chi connectivity index (χ3v) is 3.80. The van der Waals surface area contributed by atoms with Crippen LogP contribution in [0, 0.1) is 6.92 Å². The molecule has 0 aliphatic heterocycles. The Labute approximate surface area is 130 Å². The second-order valence-electron chi connectivity index (χ2n) is 4.80. The van der Waals surface area contributed by atoms with E-state index in [0.717, 1.165) is 16.7 Å². The van der Waals surface area contributed by atoms with Crippen molar-refractivity contribution in [3.8, 4) is 11.1 Å². The fourth-order valence-corrected chi connectivity index (χ4v) is 2.44. The second-order valence-corrected chi connectivity index (χ2v) is 5.74. The fraction of sp³-hybridized carbons (Fsp3) is 0.125. The Bertz CT molecular complexity index is 753. The van der Waals surface area contributed by atoms with Crippen LogP contribution in [0.15, 0.2) is 47.4 Å². The maximum absolute atomic E-state index is 11.8. The molecule has 114 valence electrons. The van der Waals surface area contributed by atoms with Crippen LogP contribution in [0.25, 0.3) is 11.1 Å². The first-order valence-electron chi connectivity index (χ1n) is 6.51. The lowest BCUT2D eigenvalue weighted by Crippen LogP contribution is -2.28. The van der Waals surface area contributed by atoms with Gasteiger partial charge < -0.3 is 4.55 Å². The van der Waals surface area contributed by atoms with Gasteiger partial charge in [-0.1, -0.05) is 24.3 Å². The molecule has 0 aromatic heterocycles. The molecule has 0 aliphatic carbocycles. The van der Waals surface area contributed by atoms with Crippen molar-refractivity contribution in [2.24, 2.45) is 0 Å². The van der Waals surface area contributed by atoms with Crippen molar-refractivity contribution in [2.45, 2.75) is 18.7 Å². The zero-order valence-corrected chi connectivity index (χ0v) is 12.9. The van der Waals surface area contributed by atoms with E-state index >= 15 is 0 Å². The molecule has 2 aromatic rings. The van der Waals surface area contributed by atoms with E-state index in [1.807, 2.05) is 6.07 Å². The SMILES string of the molecule is CC(=O)NC(=O)c1ccc(-c2ccc(S(=O)[O-])cc2)cc1C. The van der Waals surface area contributed by atoms with Gasteiger partial charge >= 0.3 is 0 Å². The summed E-state index contributed by atoms with van der Waals surface area (Å²) in [6.45, 7) is 3.06. The van der Waals surface area contributed by atoms with E-state index in [1.54, 1.807) is 31.2 Å². The number of carbonyl (C=O) groups excluding carboxylic acids is 2. The van der Waals surface area contributed by atoms with Gasteiger partial charge in [0.05, 0.1) is 0 Å². The molecule has 2 amide bonds. The number of hydrogen-bond donors (Lipinski definition) is 1. The Kier molecular flexibility index (Phi) is 4.85. The molecule has 0 saturated heterocycles. The Balaban J connectivity index is 2.30. The van der Waals surface area contributed by atoms with E-state index < -0.39 is 22.9 Å². The summed E-state index contributed by atoms with van der Waals surface area (Å²) in [6, 6.07) is 11.7. The molecule has 2 aromatic carbocycles. The Hall–Kier alpha value is -2.31. The van der Waals surface area contributed by atoms with E-state index in [-0.39, 0.29) is 4.90 Å². The first-order chi connectivity index (χ1) is 10.4. The van der Waals surface area contributed by atoms with Crippen molar-refractivity contribution < 1.29 is 18.4 Å². The smallest absolute Gasteiger partial charge is 0.258 e. The van der Waals surface area contributed by atoms with Crippen molar-refractivity contribution in [1.29, 1.82) is 0 Å². The molecule has 0 spiro atoms. The van der Waals surface area contributed by atoms with E-state index in [1.165, 1.54) is 19.1 Å². The Morgan fingerprint density at radius 3 is 2.14 bits per heavy atom. The van der Waals surface area contributed by atoms with Gasteiger partial charge in [-0.25, -0.2) is 0 Å². The molecule has 1 unspecified atom stereocenters.